The molecule has 0 atom stereocenters. The molecule has 178 valence electrons. The van der Waals surface area contributed by atoms with E-state index in [1.165, 1.54) is 0 Å². The maximum Gasteiger partial charge on any atom is 0.230 e. The predicted octanol–water partition coefficient (Wildman–Crippen LogP) is 4.10. The number of amides is 2. The van der Waals surface area contributed by atoms with Crippen LogP contribution in [0, 0.1) is 0 Å². The highest BCUT2D eigenvalue weighted by Gasteiger charge is 2.20. The van der Waals surface area contributed by atoms with E-state index in [2.05, 4.69) is 23.7 Å². The Kier molecular flexibility index (Phi) is 6.58. The molecule has 2 amide bonds. The second kappa shape index (κ2) is 9.59. The minimum atomic E-state index is -0.161. The number of carbonyl (C=O) groups is 2. The predicted molar refractivity (Wildman–Crippen MR) is 132 cm³/mol. The molecule has 2 aromatic carbocycles. The van der Waals surface area contributed by atoms with Gasteiger partial charge in [-0.05, 0) is 47.5 Å². The standard InChI is InChI=1S/C26H30N4O4/c1-16(2)26-28-20-15-19(6-7-21(20)29(26)3)27-24(31)9-11-30-10-8-17-12-22(33-4)23(34-5)13-18(17)14-25(30)32/h6-8,10,12-13,15-16H,9,11,14H2,1-5H3,(H,27,31). The summed E-state index contributed by atoms with van der Waals surface area (Å²) in [7, 11) is 5.15. The second-order valence-electron chi connectivity index (χ2n) is 8.67. The van der Waals surface area contributed by atoms with Crippen molar-refractivity contribution >= 4 is 34.6 Å². The van der Waals surface area contributed by atoms with Crippen molar-refractivity contribution < 1.29 is 19.1 Å². The lowest BCUT2D eigenvalue weighted by Gasteiger charge is -2.17. The molecule has 0 spiro atoms. The molecular formula is C26H30N4O4. The van der Waals surface area contributed by atoms with Crippen LogP contribution in [-0.4, -0.2) is 47.0 Å². The van der Waals surface area contributed by atoms with E-state index in [1.807, 2.05) is 43.5 Å². The highest BCUT2D eigenvalue weighted by molar-refractivity contribution is 5.93. The molecule has 2 heterocycles. The smallest absolute Gasteiger partial charge is 0.230 e. The van der Waals surface area contributed by atoms with Gasteiger partial charge < -0.3 is 24.3 Å². The number of hydrogen-bond acceptors (Lipinski definition) is 5. The first-order valence-corrected chi connectivity index (χ1v) is 11.3. The van der Waals surface area contributed by atoms with Crippen LogP contribution in [0.4, 0.5) is 5.69 Å². The number of benzene rings is 2. The molecule has 0 saturated carbocycles. The van der Waals surface area contributed by atoms with E-state index in [0.29, 0.717) is 23.1 Å². The molecule has 0 radical (unpaired) electrons. The van der Waals surface area contributed by atoms with E-state index in [9.17, 15) is 9.59 Å². The highest BCUT2D eigenvalue weighted by atomic mass is 16.5. The van der Waals surface area contributed by atoms with Gasteiger partial charge in [-0.3, -0.25) is 9.59 Å². The topological polar surface area (TPSA) is 85.7 Å². The molecule has 1 aliphatic heterocycles. The Morgan fingerprint density at radius 3 is 2.59 bits per heavy atom. The van der Waals surface area contributed by atoms with Crippen LogP contribution in [-0.2, 0) is 23.1 Å². The summed E-state index contributed by atoms with van der Waals surface area (Å²) in [5.74, 6) is 2.26. The summed E-state index contributed by atoms with van der Waals surface area (Å²) in [6.45, 7) is 4.49. The third-order valence-electron chi connectivity index (χ3n) is 6.04. The molecule has 1 aliphatic rings. The molecule has 4 rings (SSSR count). The van der Waals surface area contributed by atoms with Crippen LogP contribution >= 0.6 is 0 Å². The number of methoxy groups -OCH3 is 2. The highest BCUT2D eigenvalue weighted by Crippen LogP contribution is 2.32. The molecule has 34 heavy (non-hydrogen) atoms. The fourth-order valence-electron chi connectivity index (χ4n) is 4.22. The van der Waals surface area contributed by atoms with E-state index >= 15 is 0 Å². The van der Waals surface area contributed by atoms with E-state index in [0.717, 1.165) is 28.0 Å². The molecule has 3 aromatic rings. The Morgan fingerprint density at radius 1 is 1.15 bits per heavy atom. The van der Waals surface area contributed by atoms with Crippen molar-refractivity contribution in [3.05, 3.63) is 53.5 Å². The number of fused-ring (bicyclic) bond motifs is 2. The van der Waals surface area contributed by atoms with Gasteiger partial charge in [0.25, 0.3) is 0 Å². The first-order valence-electron chi connectivity index (χ1n) is 11.3. The summed E-state index contributed by atoms with van der Waals surface area (Å²) < 4.78 is 12.8. The van der Waals surface area contributed by atoms with Gasteiger partial charge in [-0.1, -0.05) is 13.8 Å². The van der Waals surface area contributed by atoms with E-state index in [1.54, 1.807) is 25.3 Å². The normalized spacial score (nSPS) is 13.2. The Balaban J connectivity index is 1.41. The fourth-order valence-corrected chi connectivity index (χ4v) is 4.22. The zero-order valence-corrected chi connectivity index (χ0v) is 20.2. The molecule has 1 N–H and O–H groups in total. The van der Waals surface area contributed by atoms with Crippen molar-refractivity contribution in [1.82, 2.24) is 14.5 Å². The third-order valence-corrected chi connectivity index (χ3v) is 6.04. The molecule has 0 saturated heterocycles. The monoisotopic (exact) mass is 462 g/mol. The van der Waals surface area contributed by atoms with Crippen molar-refractivity contribution in [3.63, 3.8) is 0 Å². The first-order chi connectivity index (χ1) is 16.3. The van der Waals surface area contributed by atoms with Crippen molar-refractivity contribution in [3.8, 4) is 11.5 Å². The van der Waals surface area contributed by atoms with Crippen LogP contribution in [0.1, 0.15) is 43.1 Å². The lowest BCUT2D eigenvalue weighted by atomic mass is 10.0. The number of carbonyl (C=O) groups excluding carboxylic acids is 2. The van der Waals surface area contributed by atoms with Gasteiger partial charge >= 0.3 is 0 Å². The quantitative estimate of drug-likeness (QED) is 0.571. The minimum absolute atomic E-state index is 0.0776. The van der Waals surface area contributed by atoms with Crippen LogP contribution < -0.4 is 14.8 Å². The summed E-state index contributed by atoms with van der Waals surface area (Å²) in [5.41, 5.74) is 4.31. The first kappa shape index (κ1) is 23.4. The lowest BCUT2D eigenvalue weighted by Crippen LogP contribution is -2.29. The van der Waals surface area contributed by atoms with Crippen LogP contribution in [0.5, 0.6) is 11.5 Å². The van der Waals surface area contributed by atoms with E-state index in [-0.39, 0.29) is 31.2 Å². The number of aryl methyl sites for hydroxylation is 1. The van der Waals surface area contributed by atoms with Crippen LogP contribution in [0.25, 0.3) is 17.1 Å². The van der Waals surface area contributed by atoms with Crippen LogP contribution in [0.2, 0.25) is 0 Å². The number of imidazole rings is 1. The van der Waals surface area contributed by atoms with Gasteiger partial charge in [0.2, 0.25) is 11.8 Å². The van der Waals surface area contributed by atoms with Crippen molar-refractivity contribution in [2.24, 2.45) is 7.05 Å². The molecule has 8 nitrogen and oxygen atoms in total. The van der Waals surface area contributed by atoms with Gasteiger partial charge in [0, 0.05) is 37.8 Å². The molecule has 1 aromatic heterocycles. The van der Waals surface area contributed by atoms with Gasteiger partial charge in [-0.25, -0.2) is 4.98 Å². The van der Waals surface area contributed by atoms with Gasteiger partial charge in [-0.15, -0.1) is 0 Å². The van der Waals surface area contributed by atoms with Gasteiger partial charge in [0.1, 0.15) is 5.82 Å². The molecule has 0 fully saturated rings. The molecule has 0 bridgehead atoms. The maximum atomic E-state index is 12.8. The summed E-state index contributed by atoms with van der Waals surface area (Å²) in [4.78, 5) is 31.7. The zero-order chi connectivity index (χ0) is 24.4. The Bertz CT molecular complexity index is 1280. The van der Waals surface area contributed by atoms with E-state index in [4.69, 9.17) is 14.5 Å². The number of rotatable bonds is 7. The van der Waals surface area contributed by atoms with E-state index < -0.39 is 0 Å². The number of nitrogens with one attached hydrogen (secondary N) is 1. The SMILES string of the molecule is COc1cc2c(cc1OC)CC(=O)N(CCC(=O)Nc1ccc3c(c1)nc(C(C)C)n3C)C=C2. The third kappa shape index (κ3) is 4.62. The van der Waals surface area contributed by atoms with Crippen LogP contribution in [0.15, 0.2) is 36.5 Å². The van der Waals surface area contributed by atoms with Gasteiger partial charge in [0.05, 0.1) is 31.7 Å². The number of nitrogens with zero attached hydrogens (tertiary/aromatic N) is 3. The average molecular weight is 463 g/mol. The summed E-state index contributed by atoms with van der Waals surface area (Å²) in [5, 5.41) is 2.93. The van der Waals surface area contributed by atoms with Crippen LogP contribution in [0.3, 0.4) is 0 Å². The number of anilines is 1. The molecule has 0 unspecified atom stereocenters. The lowest BCUT2D eigenvalue weighted by molar-refractivity contribution is -0.128. The van der Waals surface area contributed by atoms with Crippen molar-refractivity contribution in [2.75, 3.05) is 26.1 Å². The largest absolute Gasteiger partial charge is 0.493 e. The maximum absolute atomic E-state index is 12.8. The van der Waals surface area contributed by atoms with Crippen molar-refractivity contribution in [2.45, 2.75) is 32.6 Å². The summed E-state index contributed by atoms with van der Waals surface area (Å²) in [6.07, 6.45) is 3.98. The zero-order valence-electron chi connectivity index (χ0n) is 20.2. The summed E-state index contributed by atoms with van der Waals surface area (Å²) >= 11 is 0. The second-order valence-corrected chi connectivity index (χ2v) is 8.67. The Hall–Kier alpha value is -3.81. The molecular weight excluding hydrogens is 432 g/mol. The Labute approximate surface area is 199 Å². The Morgan fingerprint density at radius 2 is 1.88 bits per heavy atom. The van der Waals surface area contributed by atoms with Gasteiger partial charge in [-0.2, -0.15) is 0 Å². The van der Waals surface area contributed by atoms with Crippen molar-refractivity contribution in [1.29, 1.82) is 0 Å². The number of hydrogen-bond donors (Lipinski definition) is 1. The fraction of sp³-hybridized carbons (Fsp3) is 0.346. The minimum Gasteiger partial charge on any atom is -0.493 e. The summed E-state index contributed by atoms with van der Waals surface area (Å²) in [6, 6.07) is 9.40. The number of aromatic nitrogens is 2. The molecule has 0 aliphatic carbocycles. The molecule has 8 heteroatoms. The average Bonchev–Trinajstić information content (AvgIpc) is 3.06. The van der Waals surface area contributed by atoms with Gasteiger partial charge in [0.15, 0.2) is 11.5 Å². The number of ether oxygens (including phenoxy) is 2.